The lowest BCUT2D eigenvalue weighted by Crippen LogP contribution is -2.47. The van der Waals surface area contributed by atoms with E-state index >= 15 is 0 Å². The number of nitrogens with zero attached hydrogens (tertiary/aromatic N) is 2. The van der Waals surface area contributed by atoms with Crippen molar-refractivity contribution < 1.29 is 27.5 Å². The van der Waals surface area contributed by atoms with E-state index in [1.807, 2.05) is 19.1 Å². The van der Waals surface area contributed by atoms with Crippen LogP contribution in [0.15, 0.2) is 17.0 Å². The van der Waals surface area contributed by atoms with Crippen LogP contribution >= 0.6 is 0 Å². The Hall–Kier alpha value is -2.05. The second-order valence-electron chi connectivity index (χ2n) is 8.44. The monoisotopic (exact) mass is 482 g/mol. The summed E-state index contributed by atoms with van der Waals surface area (Å²) in [4.78, 5) is 26.8. The molecule has 11 heteroatoms. The van der Waals surface area contributed by atoms with Crippen LogP contribution in [0.2, 0.25) is 0 Å². The molecule has 2 heterocycles. The van der Waals surface area contributed by atoms with Crippen molar-refractivity contribution in [1.82, 2.24) is 19.8 Å². The van der Waals surface area contributed by atoms with E-state index in [-0.39, 0.29) is 24.6 Å². The summed E-state index contributed by atoms with van der Waals surface area (Å²) < 4.78 is 38.8. The molecule has 0 bridgehead atoms. The molecular weight excluding hydrogens is 448 g/mol. The third kappa shape index (κ3) is 6.51. The largest absolute Gasteiger partial charge is 0.379 e. The Morgan fingerprint density at radius 2 is 1.64 bits per heavy atom. The van der Waals surface area contributed by atoms with Crippen LogP contribution in [0.1, 0.15) is 23.1 Å². The molecule has 1 aromatic carbocycles. The van der Waals surface area contributed by atoms with Crippen LogP contribution in [0.25, 0.3) is 0 Å². The zero-order valence-corrected chi connectivity index (χ0v) is 20.4. The molecule has 10 nitrogen and oxygen atoms in total. The van der Waals surface area contributed by atoms with Crippen LogP contribution in [-0.2, 0) is 29.1 Å². The van der Waals surface area contributed by atoms with Crippen LogP contribution in [0.5, 0.6) is 0 Å². The Bertz CT molecular complexity index is 939. The lowest BCUT2D eigenvalue weighted by molar-refractivity contribution is -0.139. The lowest BCUT2D eigenvalue weighted by atomic mass is 10.1. The second kappa shape index (κ2) is 11.4. The van der Waals surface area contributed by atoms with Crippen molar-refractivity contribution >= 4 is 21.8 Å². The van der Waals surface area contributed by atoms with Gasteiger partial charge in [0.15, 0.2) is 0 Å². The van der Waals surface area contributed by atoms with Gasteiger partial charge in [0.1, 0.15) is 6.23 Å². The third-order valence-corrected chi connectivity index (χ3v) is 7.99. The Labute approximate surface area is 195 Å². The highest BCUT2D eigenvalue weighted by molar-refractivity contribution is 7.89. The number of nitrogens with one attached hydrogen (secondary N) is 2. The number of carbonyl (C=O) groups is 2. The first kappa shape index (κ1) is 25.6. The molecule has 0 unspecified atom stereocenters. The molecule has 2 fully saturated rings. The molecule has 0 radical (unpaired) electrons. The van der Waals surface area contributed by atoms with Gasteiger partial charge >= 0.3 is 11.8 Å². The number of sulfonamides is 1. The van der Waals surface area contributed by atoms with E-state index in [2.05, 4.69) is 15.5 Å². The van der Waals surface area contributed by atoms with E-state index in [4.69, 9.17) is 9.47 Å². The van der Waals surface area contributed by atoms with Crippen LogP contribution in [0, 0.1) is 20.8 Å². The smallest absolute Gasteiger partial charge is 0.309 e. The summed E-state index contributed by atoms with van der Waals surface area (Å²) >= 11 is 0. The molecule has 184 valence electrons. The van der Waals surface area contributed by atoms with Gasteiger partial charge < -0.3 is 20.1 Å². The fourth-order valence-corrected chi connectivity index (χ4v) is 6.23. The first-order chi connectivity index (χ1) is 15.7. The van der Waals surface area contributed by atoms with Gasteiger partial charge in [0.05, 0.1) is 31.3 Å². The molecule has 0 aromatic heterocycles. The minimum atomic E-state index is -3.82. The molecule has 3 rings (SSSR count). The van der Waals surface area contributed by atoms with E-state index in [0.29, 0.717) is 30.9 Å². The summed E-state index contributed by atoms with van der Waals surface area (Å²) in [5.41, 5.74) is 2.32. The quantitative estimate of drug-likeness (QED) is 0.393. The number of rotatable bonds is 8. The predicted octanol–water partition coefficient (Wildman–Crippen LogP) is -0.0864. The molecule has 0 aliphatic carbocycles. The third-order valence-electron chi connectivity index (χ3n) is 5.80. The number of carbonyl (C=O) groups excluding carboxylic acids is 2. The number of benzene rings is 1. The summed E-state index contributed by atoms with van der Waals surface area (Å²) in [5, 5.41) is 5.10. The Morgan fingerprint density at radius 3 is 2.30 bits per heavy atom. The molecular formula is C22H34N4O6S. The van der Waals surface area contributed by atoms with Crippen molar-refractivity contribution in [2.24, 2.45) is 0 Å². The molecule has 1 atom stereocenters. The van der Waals surface area contributed by atoms with E-state index in [0.717, 1.165) is 31.6 Å². The van der Waals surface area contributed by atoms with Crippen molar-refractivity contribution in [1.29, 1.82) is 0 Å². The predicted molar refractivity (Wildman–Crippen MR) is 122 cm³/mol. The van der Waals surface area contributed by atoms with Gasteiger partial charge in [-0.1, -0.05) is 17.7 Å². The number of hydrogen-bond acceptors (Lipinski definition) is 7. The van der Waals surface area contributed by atoms with Gasteiger partial charge in [-0.25, -0.2) is 8.42 Å². The normalized spacial score (nSPS) is 20.0. The maximum absolute atomic E-state index is 13.3. The molecule has 0 saturated carbocycles. The first-order valence-corrected chi connectivity index (χ1v) is 12.7. The minimum absolute atomic E-state index is 0.108. The van der Waals surface area contributed by atoms with Crippen molar-refractivity contribution in [2.75, 3.05) is 59.1 Å². The maximum Gasteiger partial charge on any atom is 0.309 e. The molecule has 1 aromatic rings. The number of amides is 2. The molecule has 33 heavy (non-hydrogen) atoms. The zero-order valence-electron chi connectivity index (χ0n) is 19.6. The molecule has 0 spiro atoms. The number of morpholine rings is 1. The average molecular weight is 483 g/mol. The molecule has 2 saturated heterocycles. The maximum atomic E-state index is 13.3. The van der Waals surface area contributed by atoms with E-state index in [1.54, 1.807) is 13.8 Å². The highest BCUT2D eigenvalue weighted by Crippen LogP contribution is 2.28. The summed E-state index contributed by atoms with van der Waals surface area (Å²) in [6, 6.07) is 3.66. The Morgan fingerprint density at radius 1 is 1.00 bits per heavy atom. The number of aryl methyl sites for hydroxylation is 3. The van der Waals surface area contributed by atoms with Crippen molar-refractivity contribution in [2.45, 2.75) is 38.3 Å². The topological polar surface area (TPSA) is 117 Å². The fraction of sp³-hybridized carbons (Fsp3) is 0.636. The minimum Gasteiger partial charge on any atom is -0.379 e. The molecule has 2 amide bonds. The summed E-state index contributed by atoms with van der Waals surface area (Å²) in [5.74, 6) is -1.55. The highest BCUT2D eigenvalue weighted by Gasteiger charge is 2.38. The van der Waals surface area contributed by atoms with Crippen LogP contribution in [0.4, 0.5) is 0 Å². The van der Waals surface area contributed by atoms with Gasteiger partial charge in [-0.2, -0.15) is 4.31 Å². The van der Waals surface area contributed by atoms with Crippen molar-refractivity contribution in [3.63, 3.8) is 0 Å². The fourth-order valence-electron chi connectivity index (χ4n) is 4.30. The van der Waals surface area contributed by atoms with Gasteiger partial charge in [-0.15, -0.1) is 0 Å². The van der Waals surface area contributed by atoms with Crippen LogP contribution in [-0.4, -0.2) is 94.8 Å². The van der Waals surface area contributed by atoms with Crippen LogP contribution in [0.3, 0.4) is 0 Å². The molecule has 2 N–H and O–H groups in total. The van der Waals surface area contributed by atoms with Crippen molar-refractivity contribution in [3.05, 3.63) is 28.8 Å². The van der Waals surface area contributed by atoms with Gasteiger partial charge in [0.25, 0.3) is 0 Å². The van der Waals surface area contributed by atoms with E-state index in [1.165, 1.54) is 4.31 Å². The van der Waals surface area contributed by atoms with Crippen LogP contribution < -0.4 is 10.6 Å². The standard InChI is InChI=1S/C22H34N4O6S/c1-16-13-17(2)20(18(3)14-16)33(29,30)26-9-12-32-19(26)15-24-22(28)21(27)23-5-4-6-25-7-10-31-11-8-25/h13-14,19H,4-12,15H2,1-3H3,(H,23,27)(H,24,28)/t19-/m0/s1. The molecule has 2 aliphatic heterocycles. The lowest BCUT2D eigenvalue weighted by Gasteiger charge is -2.26. The van der Waals surface area contributed by atoms with Gasteiger partial charge in [-0.05, 0) is 44.9 Å². The van der Waals surface area contributed by atoms with Crippen molar-refractivity contribution in [3.8, 4) is 0 Å². The summed E-state index contributed by atoms with van der Waals surface area (Å²) in [6.07, 6.45) is -0.139. The first-order valence-electron chi connectivity index (χ1n) is 11.3. The number of hydrogen-bond donors (Lipinski definition) is 2. The summed E-state index contributed by atoms with van der Waals surface area (Å²) in [6.45, 7) is 10.1. The van der Waals surface area contributed by atoms with E-state index in [9.17, 15) is 18.0 Å². The SMILES string of the molecule is Cc1cc(C)c(S(=O)(=O)N2CCO[C@H]2CNC(=O)C(=O)NCCCN2CCOCC2)c(C)c1. The zero-order chi connectivity index (χ0) is 24.0. The average Bonchev–Trinajstić information content (AvgIpc) is 3.24. The second-order valence-corrected chi connectivity index (χ2v) is 10.3. The Balaban J connectivity index is 1.50. The summed E-state index contributed by atoms with van der Waals surface area (Å²) in [7, 11) is -3.82. The van der Waals surface area contributed by atoms with Gasteiger partial charge in [0, 0.05) is 26.2 Å². The van der Waals surface area contributed by atoms with Gasteiger partial charge in [0.2, 0.25) is 10.0 Å². The van der Waals surface area contributed by atoms with E-state index < -0.39 is 28.1 Å². The van der Waals surface area contributed by atoms with Gasteiger partial charge in [-0.3, -0.25) is 14.5 Å². The highest BCUT2D eigenvalue weighted by atomic mass is 32.2. The Kier molecular flexibility index (Phi) is 8.82. The molecule has 2 aliphatic rings. The number of ether oxygens (including phenoxy) is 2.